The number of hydrogen-bond donors (Lipinski definition) is 3. The van der Waals surface area contributed by atoms with Crippen molar-refractivity contribution in [1.29, 1.82) is 0 Å². The summed E-state index contributed by atoms with van der Waals surface area (Å²) in [6.45, 7) is 1.60. The first-order valence-corrected chi connectivity index (χ1v) is 5.19. The number of aliphatic hydroxyl groups excluding tert-OH is 1. The molecule has 1 aromatic carbocycles. The second-order valence-electron chi connectivity index (χ2n) is 3.54. The van der Waals surface area contributed by atoms with Gasteiger partial charge in [0.1, 0.15) is 11.6 Å². The van der Waals surface area contributed by atoms with Gasteiger partial charge in [-0.1, -0.05) is 6.92 Å². The Morgan fingerprint density at radius 2 is 1.94 bits per heavy atom. The predicted molar refractivity (Wildman–Crippen MR) is 59.7 cm³/mol. The van der Waals surface area contributed by atoms with E-state index in [0.29, 0.717) is 12.5 Å². The largest absolute Gasteiger partial charge is 0.394 e. The van der Waals surface area contributed by atoms with E-state index in [1.54, 1.807) is 6.92 Å². The number of urea groups is 1. The molecule has 1 unspecified atom stereocenters. The highest BCUT2D eigenvalue weighted by Crippen LogP contribution is 2.12. The van der Waals surface area contributed by atoms with Crippen LogP contribution in [-0.2, 0) is 0 Å². The standard InChI is InChI=1S/C11H14F2N2O2/c1-2-9(6-16)14-11(17)15-10-4-7(12)3-8(13)5-10/h3-5,9,16H,2,6H2,1H3,(H2,14,15,17). The van der Waals surface area contributed by atoms with Gasteiger partial charge in [-0.2, -0.15) is 0 Å². The number of halogens is 2. The smallest absolute Gasteiger partial charge is 0.319 e. The molecule has 0 radical (unpaired) electrons. The summed E-state index contributed by atoms with van der Waals surface area (Å²) < 4.78 is 25.6. The van der Waals surface area contributed by atoms with Gasteiger partial charge in [-0.25, -0.2) is 13.6 Å². The minimum absolute atomic E-state index is 0.0211. The Morgan fingerprint density at radius 3 is 2.41 bits per heavy atom. The van der Waals surface area contributed by atoms with Gasteiger partial charge in [0, 0.05) is 11.8 Å². The Kier molecular flexibility index (Phi) is 4.84. The maximum absolute atomic E-state index is 12.8. The van der Waals surface area contributed by atoms with Crippen molar-refractivity contribution in [3.8, 4) is 0 Å². The van der Waals surface area contributed by atoms with Crippen molar-refractivity contribution in [3.05, 3.63) is 29.8 Å². The van der Waals surface area contributed by atoms with Crippen molar-refractivity contribution in [3.63, 3.8) is 0 Å². The van der Waals surface area contributed by atoms with Crippen LogP contribution in [0.3, 0.4) is 0 Å². The fourth-order valence-electron chi connectivity index (χ4n) is 1.26. The summed E-state index contributed by atoms with van der Waals surface area (Å²) in [6.07, 6.45) is 0.557. The minimum atomic E-state index is -0.769. The SMILES string of the molecule is CCC(CO)NC(=O)Nc1cc(F)cc(F)c1. The molecule has 0 spiro atoms. The number of carbonyl (C=O) groups is 1. The molecule has 0 aliphatic heterocycles. The molecule has 94 valence electrons. The minimum Gasteiger partial charge on any atom is -0.394 e. The highest BCUT2D eigenvalue weighted by molar-refractivity contribution is 5.89. The van der Waals surface area contributed by atoms with Crippen molar-refractivity contribution in [2.75, 3.05) is 11.9 Å². The molecule has 4 nitrogen and oxygen atoms in total. The maximum atomic E-state index is 12.8. The highest BCUT2D eigenvalue weighted by Gasteiger charge is 2.09. The number of benzene rings is 1. The lowest BCUT2D eigenvalue weighted by atomic mass is 10.2. The summed E-state index contributed by atoms with van der Waals surface area (Å²) >= 11 is 0. The fourth-order valence-corrected chi connectivity index (χ4v) is 1.26. The van der Waals surface area contributed by atoms with Crippen LogP contribution in [-0.4, -0.2) is 23.8 Å². The normalized spacial score (nSPS) is 12.0. The average Bonchev–Trinajstić information content (AvgIpc) is 2.24. The van der Waals surface area contributed by atoms with Gasteiger partial charge in [0.2, 0.25) is 0 Å². The lowest BCUT2D eigenvalue weighted by Crippen LogP contribution is -2.39. The average molecular weight is 244 g/mol. The monoisotopic (exact) mass is 244 g/mol. The first-order chi connectivity index (χ1) is 8.05. The van der Waals surface area contributed by atoms with Crippen LogP contribution in [0.25, 0.3) is 0 Å². The second kappa shape index (κ2) is 6.15. The third-order valence-electron chi connectivity index (χ3n) is 2.17. The van der Waals surface area contributed by atoms with E-state index < -0.39 is 17.7 Å². The molecule has 0 bridgehead atoms. The molecule has 1 rings (SSSR count). The molecule has 3 N–H and O–H groups in total. The van der Waals surface area contributed by atoms with Crippen LogP contribution in [0.15, 0.2) is 18.2 Å². The Labute approximate surface area is 97.6 Å². The number of anilines is 1. The summed E-state index contributed by atoms with van der Waals surface area (Å²) in [6, 6.07) is 1.72. The Morgan fingerprint density at radius 1 is 1.35 bits per heavy atom. The summed E-state index contributed by atoms with van der Waals surface area (Å²) in [5.74, 6) is -1.54. The van der Waals surface area contributed by atoms with Crippen molar-refractivity contribution in [2.24, 2.45) is 0 Å². The molecular formula is C11H14F2N2O2. The van der Waals surface area contributed by atoms with Gasteiger partial charge in [-0.05, 0) is 18.6 Å². The van der Waals surface area contributed by atoms with Crippen molar-refractivity contribution in [1.82, 2.24) is 5.32 Å². The number of hydrogen-bond acceptors (Lipinski definition) is 2. The molecule has 0 heterocycles. The van der Waals surface area contributed by atoms with E-state index in [0.717, 1.165) is 12.1 Å². The van der Waals surface area contributed by atoms with Crippen LogP contribution in [0, 0.1) is 11.6 Å². The Bertz CT molecular complexity index is 375. The Balaban J connectivity index is 2.61. The van der Waals surface area contributed by atoms with Gasteiger partial charge in [-0.15, -0.1) is 0 Å². The summed E-state index contributed by atoms with van der Waals surface area (Å²) in [4.78, 5) is 11.4. The lowest BCUT2D eigenvalue weighted by molar-refractivity contribution is 0.222. The predicted octanol–water partition coefficient (Wildman–Crippen LogP) is 1.86. The lowest BCUT2D eigenvalue weighted by Gasteiger charge is -2.14. The van der Waals surface area contributed by atoms with Crippen molar-refractivity contribution in [2.45, 2.75) is 19.4 Å². The van der Waals surface area contributed by atoms with Gasteiger partial charge in [-0.3, -0.25) is 0 Å². The molecule has 2 amide bonds. The Hall–Kier alpha value is -1.69. The van der Waals surface area contributed by atoms with Gasteiger partial charge in [0.25, 0.3) is 0 Å². The maximum Gasteiger partial charge on any atom is 0.319 e. The third-order valence-corrected chi connectivity index (χ3v) is 2.17. The zero-order chi connectivity index (χ0) is 12.8. The topological polar surface area (TPSA) is 61.4 Å². The fraction of sp³-hybridized carbons (Fsp3) is 0.364. The molecule has 0 saturated carbocycles. The molecule has 17 heavy (non-hydrogen) atoms. The molecule has 1 aromatic rings. The van der Waals surface area contributed by atoms with E-state index in [-0.39, 0.29) is 18.3 Å². The van der Waals surface area contributed by atoms with E-state index in [1.807, 2.05) is 0 Å². The van der Waals surface area contributed by atoms with E-state index in [1.165, 1.54) is 0 Å². The van der Waals surface area contributed by atoms with Crippen molar-refractivity contribution < 1.29 is 18.7 Å². The van der Waals surface area contributed by atoms with E-state index in [2.05, 4.69) is 10.6 Å². The van der Waals surface area contributed by atoms with Gasteiger partial charge in [0.15, 0.2) is 0 Å². The molecular weight excluding hydrogens is 230 g/mol. The number of nitrogens with one attached hydrogen (secondary N) is 2. The van der Waals surface area contributed by atoms with Crippen LogP contribution < -0.4 is 10.6 Å². The van der Waals surface area contributed by atoms with Gasteiger partial charge >= 0.3 is 6.03 Å². The summed E-state index contributed by atoms with van der Waals surface area (Å²) in [5.41, 5.74) is 0.0211. The van der Waals surface area contributed by atoms with Crippen LogP contribution in [0.5, 0.6) is 0 Å². The summed E-state index contributed by atoms with van der Waals surface area (Å²) in [5, 5.41) is 13.6. The molecule has 1 atom stereocenters. The number of aliphatic hydroxyl groups is 1. The number of amides is 2. The van der Waals surface area contributed by atoms with Crippen LogP contribution in [0.1, 0.15) is 13.3 Å². The first kappa shape index (κ1) is 13.4. The van der Waals surface area contributed by atoms with E-state index in [4.69, 9.17) is 5.11 Å². The molecule has 0 fully saturated rings. The van der Waals surface area contributed by atoms with Gasteiger partial charge < -0.3 is 15.7 Å². The molecule has 0 aliphatic rings. The number of rotatable bonds is 4. The quantitative estimate of drug-likeness (QED) is 0.757. The van der Waals surface area contributed by atoms with Crippen LogP contribution in [0.4, 0.5) is 19.3 Å². The van der Waals surface area contributed by atoms with E-state index in [9.17, 15) is 13.6 Å². The number of carbonyl (C=O) groups excluding carboxylic acids is 1. The van der Waals surface area contributed by atoms with Crippen LogP contribution >= 0.6 is 0 Å². The van der Waals surface area contributed by atoms with Crippen LogP contribution in [0.2, 0.25) is 0 Å². The third kappa shape index (κ3) is 4.36. The molecule has 0 aromatic heterocycles. The zero-order valence-electron chi connectivity index (χ0n) is 9.34. The first-order valence-electron chi connectivity index (χ1n) is 5.19. The van der Waals surface area contributed by atoms with Crippen molar-refractivity contribution >= 4 is 11.7 Å². The summed E-state index contributed by atoms with van der Waals surface area (Å²) in [7, 11) is 0. The zero-order valence-corrected chi connectivity index (χ0v) is 9.34. The van der Waals surface area contributed by atoms with Gasteiger partial charge in [0.05, 0.1) is 12.6 Å². The molecule has 0 aliphatic carbocycles. The second-order valence-corrected chi connectivity index (χ2v) is 3.54. The molecule has 0 saturated heterocycles. The highest BCUT2D eigenvalue weighted by atomic mass is 19.1. The molecule has 6 heteroatoms. The van der Waals surface area contributed by atoms with E-state index >= 15 is 0 Å².